The summed E-state index contributed by atoms with van der Waals surface area (Å²) in [5.74, 6) is 2.64. The maximum atomic E-state index is 12.5. The van der Waals surface area contributed by atoms with Crippen molar-refractivity contribution in [2.75, 3.05) is 37.7 Å². The largest absolute Gasteiger partial charge is 0.376 e. The molecule has 1 amide bonds. The minimum atomic E-state index is 0.248. The molecule has 28 heavy (non-hydrogen) atoms. The van der Waals surface area contributed by atoms with Gasteiger partial charge in [0.1, 0.15) is 11.6 Å². The van der Waals surface area contributed by atoms with E-state index in [1.165, 1.54) is 0 Å². The van der Waals surface area contributed by atoms with Gasteiger partial charge in [-0.3, -0.25) is 4.79 Å². The lowest BCUT2D eigenvalue weighted by Gasteiger charge is -2.48. The quantitative estimate of drug-likeness (QED) is 0.795. The highest BCUT2D eigenvalue weighted by Gasteiger charge is 2.42. The number of rotatable bonds is 4. The third-order valence-electron chi connectivity index (χ3n) is 6.78. The molecular formula is C22H34N4O2. The minimum Gasteiger partial charge on any atom is -0.376 e. The lowest BCUT2D eigenvalue weighted by molar-refractivity contribution is -0.140. The summed E-state index contributed by atoms with van der Waals surface area (Å²) >= 11 is 0. The molecule has 3 fully saturated rings. The Kier molecular flexibility index (Phi) is 5.59. The average molecular weight is 387 g/mol. The maximum Gasteiger partial charge on any atom is 0.222 e. The molecule has 1 atom stereocenters. The number of hydrogen-bond donors (Lipinski definition) is 0. The molecule has 4 rings (SSSR count). The number of hydrogen-bond acceptors (Lipinski definition) is 5. The Bertz CT molecular complexity index is 706. The van der Waals surface area contributed by atoms with Gasteiger partial charge in [-0.25, -0.2) is 9.97 Å². The number of nitrogens with zero attached hydrogens (tertiary/aromatic N) is 4. The van der Waals surface area contributed by atoms with E-state index in [4.69, 9.17) is 9.72 Å². The second kappa shape index (κ2) is 7.97. The second-order valence-electron chi connectivity index (χ2n) is 9.25. The number of carbonyl (C=O) groups excluding carboxylic acids is 1. The van der Waals surface area contributed by atoms with Crippen molar-refractivity contribution in [3.63, 3.8) is 0 Å². The predicted molar refractivity (Wildman–Crippen MR) is 110 cm³/mol. The fourth-order valence-corrected chi connectivity index (χ4v) is 4.95. The number of anilines is 1. The normalized spacial score (nSPS) is 25.1. The standard InChI is InChI=1S/C22H34N4O2/c1-16(2)19-13-20(24-17(3)23-19)25-10-8-22(9-11-25)7-6-21(27)26(15-22)14-18-5-4-12-28-18/h13,16,18H,4-12,14-15H2,1-3H3/t18-/m0/s1. The summed E-state index contributed by atoms with van der Waals surface area (Å²) in [6, 6.07) is 2.16. The van der Waals surface area contributed by atoms with Gasteiger partial charge in [0.25, 0.3) is 0 Å². The van der Waals surface area contributed by atoms with Crippen LogP contribution >= 0.6 is 0 Å². The Morgan fingerprint density at radius 3 is 2.71 bits per heavy atom. The van der Waals surface area contributed by atoms with Crippen LogP contribution in [0.4, 0.5) is 5.82 Å². The fraction of sp³-hybridized carbons (Fsp3) is 0.773. The number of amides is 1. The van der Waals surface area contributed by atoms with Gasteiger partial charge in [0.2, 0.25) is 5.91 Å². The van der Waals surface area contributed by atoms with Gasteiger partial charge in [-0.15, -0.1) is 0 Å². The number of aryl methyl sites for hydroxylation is 1. The first-order chi connectivity index (χ1) is 13.4. The Morgan fingerprint density at radius 2 is 2.04 bits per heavy atom. The number of piperidine rings is 2. The van der Waals surface area contributed by atoms with E-state index in [0.717, 1.165) is 82.2 Å². The molecule has 1 aromatic heterocycles. The van der Waals surface area contributed by atoms with Gasteiger partial charge in [-0.1, -0.05) is 13.8 Å². The Hall–Kier alpha value is -1.69. The summed E-state index contributed by atoms with van der Waals surface area (Å²) in [5.41, 5.74) is 1.39. The third-order valence-corrected chi connectivity index (χ3v) is 6.78. The molecule has 3 aliphatic rings. The smallest absolute Gasteiger partial charge is 0.222 e. The van der Waals surface area contributed by atoms with Crippen LogP contribution in [0, 0.1) is 12.3 Å². The highest BCUT2D eigenvalue weighted by atomic mass is 16.5. The van der Waals surface area contributed by atoms with Gasteiger partial charge in [-0.05, 0) is 50.4 Å². The summed E-state index contributed by atoms with van der Waals surface area (Å²) in [4.78, 5) is 26.3. The molecular weight excluding hydrogens is 352 g/mol. The van der Waals surface area contributed by atoms with E-state index in [0.29, 0.717) is 18.2 Å². The van der Waals surface area contributed by atoms with E-state index in [2.05, 4.69) is 34.7 Å². The van der Waals surface area contributed by atoms with Crippen molar-refractivity contribution in [1.82, 2.24) is 14.9 Å². The van der Waals surface area contributed by atoms with Crippen molar-refractivity contribution in [2.24, 2.45) is 5.41 Å². The van der Waals surface area contributed by atoms with E-state index < -0.39 is 0 Å². The first-order valence-corrected chi connectivity index (χ1v) is 10.9. The molecule has 0 unspecified atom stereocenters. The third kappa shape index (κ3) is 4.17. The molecule has 154 valence electrons. The molecule has 6 nitrogen and oxygen atoms in total. The van der Waals surface area contributed by atoms with Crippen LogP contribution in [0.15, 0.2) is 6.07 Å². The first-order valence-electron chi connectivity index (χ1n) is 10.9. The second-order valence-corrected chi connectivity index (χ2v) is 9.25. The number of aromatic nitrogens is 2. The molecule has 6 heteroatoms. The van der Waals surface area contributed by atoms with E-state index >= 15 is 0 Å². The molecule has 0 radical (unpaired) electrons. The number of ether oxygens (including phenoxy) is 1. The van der Waals surface area contributed by atoms with Gasteiger partial charge in [0.15, 0.2) is 0 Å². The zero-order valence-electron chi connectivity index (χ0n) is 17.6. The first kappa shape index (κ1) is 19.6. The highest BCUT2D eigenvalue weighted by Crippen LogP contribution is 2.41. The van der Waals surface area contributed by atoms with Crippen LogP contribution in [-0.2, 0) is 9.53 Å². The molecule has 0 aromatic carbocycles. The molecule has 0 aliphatic carbocycles. The van der Waals surface area contributed by atoms with Crippen molar-refractivity contribution in [1.29, 1.82) is 0 Å². The SMILES string of the molecule is Cc1nc(C(C)C)cc(N2CCC3(CCC(=O)N(C[C@@H]4CCCO4)C3)CC2)n1. The summed E-state index contributed by atoms with van der Waals surface area (Å²) in [7, 11) is 0. The predicted octanol–water partition coefficient (Wildman–Crippen LogP) is 3.30. The topological polar surface area (TPSA) is 58.6 Å². The molecule has 0 saturated carbocycles. The lowest BCUT2D eigenvalue weighted by Crippen LogP contribution is -2.53. The Morgan fingerprint density at radius 1 is 1.25 bits per heavy atom. The highest BCUT2D eigenvalue weighted by molar-refractivity contribution is 5.77. The fourth-order valence-electron chi connectivity index (χ4n) is 4.95. The summed E-state index contributed by atoms with van der Waals surface area (Å²) in [6.45, 7) is 10.9. The summed E-state index contributed by atoms with van der Waals surface area (Å²) < 4.78 is 5.78. The van der Waals surface area contributed by atoms with Crippen molar-refractivity contribution in [3.05, 3.63) is 17.6 Å². The van der Waals surface area contributed by atoms with Crippen molar-refractivity contribution < 1.29 is 9.53 Å². The van der Waals surface area contributed by atoms with Crippen molar-refractivity contribution >= 4 is 11.7 Å². The van der Waals surface area contributed by atoms with Crippen LogP contribution in [0.1, 0.15) is 69.8 Å². The summed E-state index contributed by atoms with van der Waals surface area (Å²) in [6.07, 6.45) is 6.44. The van der Waals surface area contributed by atoms with E-state index in [9.17, 15) is 4.79 Å². The van der Waals surface area contributed by atoms with Crippen LogP contribution < -0.4 is 4.90 Å². The molecule has 1 aromatic rings. The molecule has 4 heterocycles. The minimum absolute atomic E-state index is 0.248. The van der Waals surface area contributed by atoms with Crippen LogP contribution in [0.2, 0.25) is 0 Å². The average Bonchev–Trinajstić information content (AvgIpc) is 3.18. The van der Waals surface area contributed by atoms with E-state index in [1.54, 1.807) is 0 Å². The van der Waals surface area contributed by atoms with Gasteiger partial charge in [0, 0.05) is 51.0 Å². The van der Waals surface area contributed by atoms with Crippen LogP contribution in [0.3, 0.4) is 0 Å². The number of likely N-dealkylation sites (tertiary alicyclic amines) is 1. The van der Waals surface area contributed by atoms with Gasteiger partial charge >= 0.3 is 0 Å². The molecule has 1 spiro atoms. The van der Waals surface area contributed by atoms with Crippen molar-refractivity contribution in [3.8, 4) is 0 Å². The summed E-state index contributed by atoms with van der Waals surface area (Å²) in [5, 5.41) is 0. The van der Waals surface area contributed by atoms with Crippen molar-refractivity contribution in [2.45, 2.75) is 71.3 Å². The molecule has 0 bridgehead atoms. The monoisotopic (exact) mass is 386 g/mol. The van der Waals surface area contributed by atoms with Gasteiger partial charge < -0.3 is 14.5 Å². The van der Waals surface area contributed by atoms with Crippen LogP contribution in [0.5, 0.6) is 0 Å². The van der Waals surface area contributed by atoms with Crippen LogP contribution in [-0.4, -0.2) is 59.7 Å². The Balaban J connectivity index is 1.41. The van der Waals surface area contributed by atoms with E-state index in [-0.39, 0.29) is 11.5 Å². The lowest BCUT2D eigenvalue weighted by atomic mass is 9.72. The zero-order chi connectivity index (χ0) is 19.7. The van der Waals surface area contributed by atoms with Gasteiger partial charge in [0.05, 0.1) is 6.10 Å². The molecule has 3 saturated heterocycles. The van der Waals surface area contributed by atoms with E-state index in [1.807, 2.05) is 6.92 Å². The molecule has 0 N–H and O–H groups in total. The Labute approximate surface area is 168 Å². The maximum absolute atomic E-state index is 12.5. The number of carbonyl (C=O) groups is 1. The van der Waals surface area contributed by atoms with Gasteiger partial charge in [-0.2, -0.15) is 0 Å². The van der Waals surface area contributed by atoms with Crippen LogP contribution in [0.25, 0.3) is 0 Å². The molecule has 3 aliphatic heterocycles. The zero-order valence-corrected chi connectivity index (χ0v) is 17.6.